The fraction of sp³-hybridized carbons (Fsp3) is 1.00. The molecule has 0 saturated heterocycles. The standard InChI is InChI=1S/C42H81P/c1-34(2,3)40(35(4,5)6)25-19-31(20-26-40)43(32-21-27-41(28-22-32,36(7,8)9)37(10,11)12)33-23-29-42(30-24-33,38(13,14)15)39(16,17)18/h31-33H,19-30H2,1-18H3. The number of hydrogen-bond donors (Lipinski definition) is 0. The maximum Gasteiger partial charge on any atom is -0.0200 e. The highest BCUT2D eigenvalue weighted by molar-refractivity contribution is 7.60. The molecule has 0 heterocycles. The van der Waals surface area contributed by atoms with Gasteiger partial charge in [-0.15, -0.1) is 0 Å². The van der Waals surface area contributed by atoms with Gasteiger partial charge in [0.15, 0.2) is 0 Å². The van der Waals surface area contributed by atoms with Crippen LogP contribution in [0.25, 0.3) is 0 Å². The molecule has 0 aromatic rings. The first-order valence-electron chi connectivity index (χ1n) is 18.8. The highest BCUT2D eigenvalue weighted by atomic mass is 31.1. The molecule has 1 heteroatoms. The maximum atomic E-state index is 2.56. The van der Waals surface area contributed by atoms with Gasteiger partial charge in [0.05, 0.1) is 0 Å². The van der Waals surface area contributed by atoms with Crippen LogP contribution in [-0.2, 0) is 0 Å². The first kappa shape index (κ1) is 37.9. The van der Waals surface area contributed by atoms with E-state index in [0.717, 1.165) is 17.0 Å². The van der Waals surface area contributed by atoms with E-state index in [2.05, 4.69) is 125 Å². The van der Waals surface area contributed by atoms with Crippen molar-refractivity contribution in [1.29, 1.82) is 0 Å². The molecule has 0 amide bonds. The minimum absolute atomic E-state index is 0.0454. The molecule has 0 aromatic heterocycles. The van der Waals surface area contributed by atoms with Gasteiger partial charge in [0.1, 0.15) is 0 Å². The monoisotopic (exact) mass is 617 g/mol. The van der Waals surface area contributed by atoms with Gasteiger partial charge < -0.3 is 0 Å². The molecule has 0 spiro atoms. The van der Waals surface area contributed by atoms with Gasteiger partial charge in [-0.1, -0.05) is 133 Å². The minimum atomic E-state index is 0.0454. The Kier molecular flexibility index (Phi) is 10.4. The Morgan fingerprint density at radius 2 is 0.442 bits per heavy atom. The fourth-order valence-corrected chi connectivity index (χ4v) is 17.3. The average molecular weight is 617 g/mol. The van der Waals surface area contributed by atoms with Gasteiger partial charge in [0, 0.05) is 0 Å². The van der Waals surface area contributed by atoms with Gasteiger partial charge in [0.25, 0.3) is 0 Å². The summed E-state index contributed by atoms with van der Waals surface area (Å²) in [4.78, 5) is 0. The van der Waals surface area contributed by atoms with Crippen LogP contribution in [-0.4, -0.2) is 17.0 Å². The molecule has 0 N–H and O–H groups in total. The Balaban J connectivity index is 1.95. The van der Waals surface area contributed by atoms with Crippen molar-refractivity contribution >= 4 is 7.92 Å². The molecule has 3 aliphatic carbocycles. The molecule has 0 bridgehead atoms. The van der Waals surface area contributed by atoms with Crippen molar-refractivity contribution in [2.75, 3.05) is 0 Å². The van der Waals surface area contributed by atoms with Crippen LogP contribution in [0.1, 0.15) is 202 Å². The molecule has 3 aliphatic rings. The zero-order chi connectivity index (χ0) is 33.3. The quantitative estimate of drug-likeness (QED) is 0.277. The zero-order valence-corrected chi connectivity index (χ0v) is 34.1. The van der Waals surface area contributed by atoms with Crippen LogP contribution in [0.5, 0.6) is 0 Å². The van der Waals surface area contributed by atoms with Crippen LogP contribution in [0.15, 0.2) is 0 Å². The second-order valence-corrected chi connectivity index (χ2v) is 25.5. The Morgan fingerprint density at radius 1 is 0.302 bits per heavy atom. The lowest BCUT2D eigenvalue weighted by molar-refractivity contribution is -0.0668. The van der Waals surface area contributed by atoms with Crippen molar-refractivity contribution in [2.45, 2.75) is 219 Å². The van der Waals surface area contributed by atoms with Crippen LogP contribution < -0.4 is 0 Å². The van der Waals surface area contributed by atoms with Crippen molar-refractivity contribution < 1.29 is 0 Å². The normalized spacial score (nSPS) is 25.7. The molecule has 0 aromatic carbocycles. The minimum Gasteiger partial charge on any atom is -0.0971 e. The van der Waals surface area contributed by atoms with Gasteiger partial charge in [-0.05, 0) is 143 Å². The molecule has 43 heavy (non-hydrogen) atoms. The molecule has 254 valence electrons. The lowest BCUT2D eigenvalue weighted by atomic mass is 9.49. The van der Waals surface area contributed by atoms with E-state index in [1.807, 2.05) is 0 Å². The van der Waals surface area contributed by atoms with Crippen LogP contribution in [0.2, 0.25) is 0 Å². The van der Waals surface area contributed by atoms with Gasteiger partial charge >= 0.3 is 0 Å². The summed E-state index contributed by atoms with van der Waals surface area (Å²) in [6.45, 7) is 46.0. The van der Waals surface area contributed by atoms with Crippen LogP contribution in [0.4, 0.5) is 0 Å². The molecule has 0 unspecified atom stereocenters. The molecule has 0 nitrogen and oxygen atoms in total. The summed E-state index contributed by atoms with van der Waals surface area (Å²) in [6.07, 6.45) is 17.7. The summed E-state index contributed by atoms with van der Waals surface area (Å²) in [5, 5.41) is 0. The lowest BCUT2D eigenvalue weighted by Crippen LogP contribution is -2.51. The summed E-state index contributed by atoms with van der Waals surface area (Å²) in [6, 6.07) is 0. The Hall–Kier alpha value is 0.430. The molecule has 0 radical (unpaired) electrons. The van der Waals surface area contributed by atoms with Gasteiger partial charge in [-0.25, -0.2) is 0 Å². The maximum absolute atomic E-state index is 2.56. The topological polar surface area (TPSA) is 0 Å². The van der Waals surface area contributed by atoms with E-state index in [4.69, 9.17) is 0 Å². The number of rotatable bonds is 3. The van der Waals surface area contributed by atoms with Gasteiger partial charge in [-0.2, -0.15) is 0 Å². The molecule has 0 aliphatic heterocycles. The van der Waals surface area contributed by atoms with E-state index in [9.17, 15) is 0 Å². The van der Waals surface area contributed by atoms with Crippen molar-refractivity contribution in [3.63, 3.8) is 0 Å². The zero-order valence-electron chi connectivity index (χ0n) is 33.2. The van der Waals surface area contributed by atoms with Gasteiger partial charge in [0.2, 0.25) is 0 Å². The van der Waals surface area contributed by atoms with E-state index in [1.165, 1.54) is 77.0 Å². The molecule has 3 saturated carbocycles. The van der Waals surface area contributed by atoms with Crippen molar-refractivity contribution in [3.8, 4) is 0 Å². The Bertz CT molecular complexity index is 729. The van der Waals surface area contributed by atoms with E-state index in [-0.39, 0.29) is 7.92 Å². The summed E-state index contributed by atoms with van der Waals surface area (Å²) in [7, 11) is 0.0454. The second kappa shape index (κ2) is 11.8. The third-order valence-electron chi connectivity index (χ3n) is 15.3. The molecular weight excluding hydrogens is 535 g/mol. The average Bonchev–Trinajstić information content (AvgIpc) is 2.81. The third kappa shape index (κ3) is 6.61. The Labute approximate surface area is 274 Å². The summed E-state index contributed by atoms with van der Waals surface area (Å²) in [5.74, 6) is 0. The Morgan fingerprint density at radius 3 is 0.558 bits per heavy atom. The van der Waals surface area contributed by atoms with E-state index in [1.54, 1.807) is 0 Å². The molecule has 3 rings (SSSR count). The molecular formula is C42H81P. The van der Waals surface area contributed by atoms with E-state index in [0.29, 0.717) is 48.7 Å². The lowest BCUT2D eigenvalue weighted by Gasteiger charge is -2.61. The summed E-state index contributed by atoms with van der Waals surface area (Å²) < 4.78 is 0. The first-order valence-corrected chi connectivity index (χ1v) is 20.4. The van der Waals surface area contributed by atoms with Crippen molar-refractivity contribution in [1.82, 2.24) is 0 Å². The van der Waals surface area contributed by atoms with E-state index < -0.39 is 0 Å². The van der Waals surface area contributed by atoms with Crippen molar-refractivity contribution in [2.24, 2.45) is 48.7 Å². The SMILES string of the molecule is CC(C)(C)C1(C(C)(C)C)CCC(P(C2CCC(C(C)(C)C)(C(C)(C)C)CC2)C2CCC(C(C)(C)C)(C(C)(C)C)CC2)CC1. The second-order valence-electron chi connectivity index (χ2n) is 22.4. The third-order valence-corrected chi connectivity index (χ3v) is 19.4. The number of hydrogen-bond acceptors (Lipinski definition) is 0. The van der Waals surface area contributed by atoms with Crippen LogP contribution in [0, 0.1) is 48.7 Å². The van der Waals surface area contributed by atoms with Crippen LogP contribution >= 0.6 is 7.92 Å². The smallest absolute Gasteiger partial charge is 0.0200 e. The molecule has 0 atom stereocenters. The predicted octanol–water partition coefficient (Wildman–Crippen LogP) is 14.5. The van der Waals surface area contributed by atoms with Crippen LogP contribution in [0.3, 0.4) is 0 Å². The first-order chi connectivity index (χ1) is 19.1. The predicted molar refractivity (Wildman–Crippen MR) is 198 cm³/mol. The largest absolute Gasteiger partial charge is 0.0971 e. The fourth-order valence-electron chi connectivity index (χ4n) is 12.9. The summed E-state index contributed by atoms with van der Waals surface area (Å²) in [5.41, 5.74) is 6.57. The highest BCUT2D eigenvalue weighted by Gasteiger charge is 2.57. The molecule has 3 fully saturated rings. The highest BCUT2D eigenvalue weighted by Crippen LogP contribution is 2.71. The summed E-state index contributed by atoms with van der Waals surface area (Å²) >= 11 is 0. The van der Waals surface area contributed by atoms with E-state index >= 15 is 0 Å². The van der Waals surface area contributed by atoms with Gasteiger partial charge in [-0.3, -0.25) is 0 Å². The van der Waals surface area contributed by atoms with Crippen molar-refractivity contribution in [3.05, 3.63) is 0 Å².